The Bertz CT molecular complexity index is 877. The van der Waals surface area contributed by atoms with E-state index >= 15 is 0 Å². The van der Waals surface area contributed by atoms with Crippen LogP contribution in [0, 0.1) is 5.82 Å². The molecule has 32 heavy (non-hydrogen) atoms. The average Bonchev–Trinajstić information content (AvgIpc) is 2.82. The van der Waals surface area contributed by atoms with Crippen molar-refractivity contribution in [3.63, 3.8) is 0 Å². The number of halogens is 1. The Balaban J connectivity index is 1.68. The van der Waals surface area contributed by atoms with E-state index in [0.29, 0.717) is 5.75 Å². The normalized spacial score (nSPS) is 15.1. The highest BCUT2D eigenvalue weighted by molar-refractivity contribution is 5.88. The van der Waals surface area contributed by atoms with Crippen molar-refractivity contribution in [3.05, 3.63) is 65.5 Å². The molecule has 0 radical (unpaired) electrons. The van der Waals surface area contributed by atoms with Crippen molar-refractivity contribution >= 4 is 11.8 Å². The molecule has 0 aromatic heterocycles. The summed E-state index contributed by atoms with van der Waals surface area (Å²) in [7, 11) is 0. The minimum atomic E-state index is -0.666. The van der Waals surface area contributed by atoms with Gasteiger partial charge in [-0.15, -0.1) is 0 Å². The second kappa shape index (κ2) is 11.7. The van der Waals surface area contributed by atoms with Crippen LogP contribution in [0.25, 0.3) is 0 Å². The lowest BCUT2D eigenvalue weighted by atomic mass is 9.95. The Labute approximate surface area is 190 Å². The maximum absolute atomic E-state index is 13.3. The molecule has 2 aromatic carbocycles. The van der Waals surface area contributed by atoms with Crippen molar-refractivity contribution in [2.75, 3.05) is 6.61 Å². The van der Waals surface area contributed by atoms with Gasteiger partial charge in [0, 0.05) is 12.6 Å². The number of rotatable bonds is 9. The van der Waals surface area contributed by atoms with Crippen LogP contribution in [0.2, 0.25) is 0 Å². The van der Waals surface area contributed by atoms with E-state index in [-0.39, 0.29) is 36.8 Å². The fourth-order valence-electron chi connectivity index (χ4n) is 3.99. The number of carbonyl (C=O) groups excluding carboxylic acids is 2. The number of carbonyl (C=O) groups is 2. The Morgan fingerprint density at radius 2 is 1.66 bits per heavy atom. The van der Waals surface area contributed by atoms with Gasteiger partial charge in [-0.2, -0.15) is 0 Å². The van der Waals surface area contributed by atoms with E-state index in [1.807, 2.05) is 24.3 Å². The first-order valence-corrected chi connectivity index (χ1v) is 11.5. The fraction of sp³-hybridized carbons (Fsp3) is 0.462. The van der Waals surface area contributed by atoms with Gasteiger partial charge in [0.15, 0.2) is 6.61 Å². The first kappa shape index (κ1) is 23.8. The van der Waals surface area contributed by atoms with E-state index in [0.717, 1.165) is 37.7 Å². The smallest absolute Gasteiger partial charge is 0.261 e. The highest BCUT2D eigenvalue weighted by Gasteiger charge is 2.28. The van der Waals surface area contributed by atoms with Crippen molar-refractivity contribution in [3.8, 4) is 5.75 Å². The van der Waals surface area contributed by atoms with Crippen molar-refractivity contribution in [2.45, 2.75) is 71.0 Å². The van der Waals surface area contributed by atoms with Gasteiger partial charge in [0.05, 0.1) is 0 Å². The van der Waals surface area contributed by atoms with Crippen LogP contribution in [0.5, 0.6) is 5.75 Å². The summed E-state index contributed by atoms with van der Waals surface area (Å²) in [5, 5.41) is 3.10. The van der Waals surface area contributed by atoms with Gasteiger partial charge in [-0.3, -0.25) is 9.59 Å². The molecule has 1 unspecified atom stereocenters. The van der Waals surface area contributed by atoms with E-state index in [9.17, 15) is 14.0 Å². The zero-order valence-electron chi connectivity index (χ0n) is 19.0. The van der Waals surface area contributed by atoms with Crippen molar-refractivity contribution in [1.82, 2.24) is 10.2 Å². The SMILES string of the molecule is CCc1ccc(OCC(=O)N(Cc2ccc(F)cc2)C(C)C(=O)NC2CCCCC2)cc1. The second-order valence-electron chi connectivity index (χ2n) is 8.45. The molecule has 0 aliphatic heterocycles. The van der Waals surface area contributed by atoms with E-state index in [2.05, 4.69) is 12.2 Å². The van der Waals surface area contributed by atoms with E-state index < -0.39 is 6.04 Å². The highest BCUT2D eigenvalue weighted by Crippen LogP contribution is 2.19. The summed E-state index contributed by atoms with van der Waals surface area (Å²) >= 11 is 0. The number of benzene rings is 2. The zero-order valence-corrected chi connectivity index (χ0v) is 19.0. The van der Waals surface area contributed by atoms with Crippen LogP contribution in [0.3, 0.4) is 0 Å². The highest BCUT2D eigenvalue weighted by atomic mass is 19.1. The molecule has 1 fully saturated rings. The number of ether oxygens (including phenoxy) is 1. The summed E-state index contributed by atoms with van der Waals surface area (Å²) in [4.78, 5) is 27.5. The number of aryl methyl sites for hydroxylation is 1. The quantitative estimate of drug-likeness (QED) is 0.618. The molecule has 1 N–H and O–H groups in total. The maximum atomic E-state index is 13.3. The number of nitrogens with zero attached hydrogens (tertiary/aromatic N) is 1. The molecule has 5 nitrogen and oxygen atoms in total. The molecule has 2 aromatic rings. The third-order valence-electron chi connectivity index (χ3n) is 6.08. The van der Waals surface area contributed by atoms with Gasteiger partial charge in [0.1, 0.15) is 17.6 Å². The largest absolute Gasteiger partial charge is 0.484 e. The molecule has 0 saturated heterocycles. The minimum absolute atomic E-state index is 0.162. The lowest BCUT2D eigenvalue weighted by Crippen LogP contribution is -2.51. The lowest BCUT2D eigenvalue weighted by Gasteiger charge is -2.31. The molecule has 0 spiro atoms. The molecule has 172 valence electrons. The molecule has 1 atom stereocenters. The number of hydrogen-bond acceptors (Lipinski definition) is 3. The first-order valence-electron chi connectivity index (χ1n) is 11.5. The summed E-state index contributed by atoms with van der Waals surface area (Å²) in [6.07, 6.45) is 6.30. The second-order valence-corrected chi connectivity index (χ2v) is 8.45. The van der Waals surface area contributed by atoms with Crippen LogP contribution >= 0.6 is 0 Å². The first-order chi connectivity index (χ1) is 15.5. The predicted octanol–water partition coefficient (Wildman–Crippen LogP) is 4.63. The van der Waals surface area contributed by atoms with Gasteiger partial charge in [-0.1, -0.05) is 50.5 Å². The van der Waals surface area contributed by atoms with Gasteiger partial charge in [-0.05, 0) is 61.6 Å². The zero-order chi connectivity index (χ0) is 22.9. The standard InChI is InChI=1S/C26H33FN2O3/c1-3-20-11-15-24(16-12-20)32-18-25(30)29(17-21-9-13-22(27)14-10-21)19(2)26(31)28-23-7-5-4-6-8-23/h9-16,19,23H,3-8,17-18H2,1-2H3,(H,28,31). The van der Waals surface area contributed by atoms with Crippen molar-refractivity contribution < 1.29 is 18.7 Å². The van der Waals surface area contributed by atoms with Crippen LogP contribution in [-0.4, -0.2) is 35.4 Å². The maximum Gasteiger partial charge on any atom is 0.261 e. The van der Waals surface area contributed by atoms with Gasteiger partial charge >= 0.3 is 0 Å². The number of hydrogen-bond donors (Lipinski definition) is 1. The molecule has 1 saturated carbocycles. The number of amides is 2. The summed E-state index contributed by atoms with van der Waals surface area (Å²) in [6, 6.07) is 13.1. The molecule has 2 amide bonds. The van der Waals surface area contributed by atoms with Crippen LogP contribution in [0.4, 0.5) is 4.39 Å². The summed E-state index contributed by atoms with van der Waals surface area (Å²) in [6.45, 7) is 3.84. The molecule has 0 heterocycles. The third kappa shape index (κ3) is 6.81. The third-order valence-corrected chi connectivity index (χ3v) is 6.08. The molecule has 6 heteroatoms. The molecular formula is C26H33FN2O3. The van der Waals surface area contributed by atoms with Gasteiger partial charge in [0.25, 0.3) is 5.91 Å². The lowest BCUT2D eigenvalue weighted by molar-refractivity contribution is -0.142. The Morgan fingerprint density at radius 3 is 2.28 bits per heavy atom. The predicted molar refractivity (Wildman–Crippen MR) is 123 cm³/mol. The molecule has 0 bridgehead atoms. The summed E-state index contributed by atoms with van der Waals surface area (Å²) in [5.41, 5.74) is 1.94. The Morgan fingerprint density at radius 1 is 1.03 bits per heavy atom. The molecule has 1 aliphatic rings. The van der Waals surface area contributed by atoms with Crippen LogP contribution in [-0.2, 0) is 22.6 Å². The van der Waals surface area contributed by atoms with Crippen LogP contribution in [0.15, 0.2) is 48.5 Å². The monoisotopic (exact) mass is 440 g/mol. The van der Waals surface area contributed by atoms with Crippen molar-refractivity contribution in [1.29, 1.82) is 0 Å². The van der Waals surface area contributed by atoms with E-state index in [1.165, 1.54) is 29.0 Å². The Kier molecular flexibility index (Phi) is 8.65. The minimum Gasteiger partial charge on any atom is -0.484 e. The number of nitrogens with one attached hydrogen (secondary N) is 1. The van der Waals surface area contributed by atoms with Crippen LogP contribution in [0.1, 0.15) is 57.1 Å². The van der Waals surface area contributed by atoms with Gasteiger partial charge in [-0.25, -0.2) is 4.39 Å². The van der Waals surface area contributed by atoms with Gasteiger partial charge in [0.2, 0.25) is 5.91 Å². The summed E-state index contributed by atoms with van der Waals surface area (Å²) in [5.74, 6) is -0.190. The van der Waals surface area contributed by atoms with E-state index in [4.69, 9.17) is 4.74 Å². The van der Waals surface area contributed by atoms with E-state index in [1.54, 1.807) is 19.1 Å². The topological polar surface area (TPSA) is 58.6 Å². The summed E-state index contributed by atoms with van der Waals surface area (Å²) < 4.78 is 19.0. The molecule has 3 rings (SSSR count). The Hall–Kier alpha value is -2.89. The fourth-order valence-corrected chi connectivity index (χ4v) is 3.99. The molecule has 1 aliphatic carbocycles. The van der Waals surface area contributed by atoms with Crippen molar-refractivity contribution in [2.24, 2.45) is 0 Å². The van der Waals surface area contributed by atoms with Crippen LogP contribution < -0.4 is 10.1 Å². The van der Waals surface area contributed by atoms with Gasteiger partial charge < -0.3 is 15.0 Å². The average molecular weight is 441 g/mol. The molecular weight excluding hydrogens is 407 g/mol.